The summed E-state index contributed by atoms with van der Waals surface area (Å²) in [6.07, 6.45) is 12.0. The van der Waals surface area contributed by atoms with Crippen LogP contribution in [-0.4, -0.2) is 90.1 Å². The molecule has 0 bridgehead atoms. The van der Waals surface area contributed by atoms with Crippen LogP contribution in [0.15, 0.2) is 0 Å². The Bertz CT molecular complexity index is 717. The molecule has 250 valence electrons. The molecule has 0 radical (unpaired) electrons. The number of phosphoric ester groups is 1. The van der Waals surface area contributed by atoms with Crippen molar-refractivity contribution in [2.24, 2.45) is 0 Å². The molecule has 0 saturated carbocycles. The molecule has 1 rings (SSSR count). The molecule has 0 aromatic heterocycles. The maximum absolute atomic E-state index is 11.8. The third-order valence-electron chi connectivity index (χ3n) is 7.25. The van der Waals surface area contributed by atoms with Crippen LogP contribution >= 0.6 is 7.82 Å². The van der Waals surface area contributed by atoms with Crippen molar-refractivity contribution in [1.29, 1.82) is 0 Å². The number of ether oxygens (including phenoxy) is 3. The average Bonchev–Trinajstić information content (AvgIpc) is 2.97. The Morgan fingerprint density at radius 3 is 1.77 bits per heavy atom. The van der Waals surface area contributed by atoms with E-state index in [1.807, 2.05) is 0 Å². The van der Waals surface area contributed by atoms with Crippen molar-refractivity contribution >= 4 is 13.8 Å². The van der Waals surface area contributed by atoms with Crippen LogP contribution in [0.3, 0.4) is 0 Å². The molecule has 0 aliphatic carbocycles. The summed E-state index contributed by atoms with van der Waals surface area (Å²) in [4.78, 5) is 23.7. The number of unbranched alkanes of at least 4 members (excludes halogenated alkanes) is 14. The molecule has 1 heterocycles. The van der Waals surface area contributed by atoms with Crippen LogP contribution in [-0.2, 0) is 32.6 Å². The van der Waals surface area contributed by atoms with Gasteiger partial charge >= 0.3 is 35.5 Å². The van der Waals surface area contributed by atoms with Gasteiger partial charge in [0.1, 0.15) is 31.0 Å². The standard InChI is InChI=1S/C29H57O12P.Na/c1-2-3-4-5-6-7-8-9-10-11-12-13-14-15-16-18-25(31)37-21-22-40-42(35,36)39-20-17-19-38-29-28(34)27(33)26(32)24(23-30)41-29;/h24,26-30,32-34H,2-23H2,1H3,(H,35,36);/q;+1/p-1. The number of aliphatic hydroxyl groups is 4. The Labute approximate surface area is 280 Å². The number of phosphoric acid groups is 1. The number of rotatable bonds is 27. The van der Waals surface area contributed by atoms with E-state index >= 15 is 0 Å². The molecule has 43 heavy (non-hydrogen) atoms. The molecular formula is C29H56NaO12P. The molecule has 6 atom stereocenters. The molecule has 0 aromatic carbocycles. The quantitative estimate of drug-likeness (QED) is 0.0419. The summed E-state index contributed by atoms with van der Waals surface area (Å²) < 4.78 is 36.7. The van der Waals surface area contributed by atoms with E-state index in [4.69, 9.17) is 23.8 Å². The molecule has 12 nitrogen and oxygen atoms in total. The van der Waals surface area contributed by atoms with E-state index in [2.05, 4.69) is 11.4 Å². The van der Waals surface area contributed by atoms with Crippen molar-refractivity contribution in [3.05, 3.63) is 0 Å². The molecule has 1 fully saturated rings. The van der Waals surface area contributed by atoms with Gasteiger partial charge in [-0.1, -0.05) is 96.8 Å². The van der Waals surface area contributed by atoms with Crippen LogP contribution in [0, 0.1) is 0 Å². The number of aliphatic hydroxyl groups excluding tert-OH is 4. The summed E-state index contributed by atoms with van der Waals surface area (Å²) >= 11 is 0. The summed E-state index contributed by atoms with van der Waals surface area (Å²) in [5, 5.41) is 38.5. The van der Waals surface area contributed by atoms with Crippen LogP contribution < -0.4 is 34.5 Å². The minimum atomic E-state index is -4.61. The number of hydrogen-bond donors (Lipinski definition) is 4. The molecular weight excluding hydrogens is 594 g/mol. The molecule has 1 aliphatic rings. The van der Waals surface area contributed by atoms with Crippen molar-refractivity contribution in [3.8, 4) is 0 Å². The molecule has 0 aromatic rings. The zero-order valence-electron chi connectivity index (χ0n) is 26.4. The van der Waals surface area contributed by atoms with E-state index in [9.17, 15) is 29.6 Å². The summed E-state index contributed by atoms with van der Waals surface area (Å²) in [5.74, 6) is -0.389. The van der Waals surface area contributed by atoms with Gasteiger partial charge in [0.25, 0.3) is 7.82 Å². The summed E-state index contributed by atoms with van der Waals surface area (Å²) in [5.41, 5.74) is 0. The molecule has 6 unspecified atom stereocenters. The smallest absolute Gasteiger partial charge is 0.756 e. The van der Waals surface area contributed by atoms with Crippen LogP contribution in [0.4, 0.5) is 0 Å². The van der Waals surface area contributed by atoms with Gasteiger partial charge in [0.2, 0.25) is 0 Å². The van der Waals surface area contributed by atoms with Gasteiger partial charge in [-0.25, -0.2) is 0 Å². The van der Waals surface area contributed by atoms with Gasteiger partial charge in [-0.05, 0) is 12.8 Å². The van der Waals surface area contributed by atoms with E-state index in [0.29, 0.717) is 0 Å². The van der Waals surface area contributed by atoms with Crippen LogP contribution in [0.1, 0.15) is 116 Å². The summed E-state index contributed by atoms with van der Waals surface area (Å²) in [7, 11) is -4.61. The predicted molar refractivity (Wildman–Crippen MR) is 154 cm³/mol. The first kappa shape index (κ1) is 43.3. The van der Waals surface area contributed by atoms with Crippen LogP contribution in [0.25, 0.3) is 0 Å². The van der Waals surface area contributed by atoms with Gasteiger partial charge in [-0.3, -0.25) is 9.36 Å². The van der Waals surface area contributed by atoms with Gasteiger partial charge in [0.15, 0.2) is 6.29 Å². The van der Waals surface area contributed by atoms with Crippen molar-refractivity contribution in [2.45, 2.75) is 147 Å². The molecule has 14 heteroatoms. The first-order valence-electron chi connectivity index (χ1n) is 15.9. The molecule has 4 N–H and O–H groups in total. The first-order valence-corrected chi connectivity index (χ1v) is 17.4. The zero-order valence-corrected chi connectivity index (χ0v) is 29.3. The van der Waals surface area contributed by atoms with Crippen molar-refractivity contribution in [3.63, 3.8) is 0 Å². The fraction of sp³-hybridized carbons (Fsp3) is 0.966. The Balaban J connectivity index is 0.0000176. The predicted octanol–water partition coefficient (Wildman–Crippen LogP) is 0.503. The van der Waals surface area contributed by atoms with E-state index in [1.54, 1.807) is 0 Å². The second-order valence-corrected chi connectivity index (χ2v) is 12.4. The molecule has 0 spiro atoms. The maximum atomic E-state index is 11.8. The van der Waals surface area contributed by atoms with Gasteiger partial charge in [0, 0.05) is 6.42 Å². The van der Waals surface area contributed by atoms with E-state index < -0.39 is 45.1 Å². The third kappa shape index (κ3) is 21.7. The monoisotopic (exact) mass is 650 g/mol. The van der Waals surface area contributed by atoms with Gasteiger partial charge < -0.3 is 48.6 Å². The maximum Gasteiger partial charge on any atom is 1.00 e. The SMILES string of the molecule is CCCCCCCCCCCCCCCCCC(=O)OCCOP(=O)([O-])OCCCOC1OC(CO)C(O)C(O)C1O.[Na+]. The van der Waals surface area contributed by atoms with Crippen LogP contribution in [0.2, 0.25) is 0 Å². The van der Waals surface area contributed by atoms with E-state index in [1.165, 1.54) is 77.0 Å². The minimum absolute atomic E-state index is 0. The van der Waals surface area contributed by atoms with Crippen molar-refractivity contribution in [1.82, 2.24) is 0 Å². The number of esters is 1. The normalized spacial score (nSPS) is 23.4. The molecule has 1 saturated heterocycles. The average molecular weight is 651 g/mol. The fourth-order valence-corrected chi connectivity index (χ4v) is 5.42. The first-order chi connectivity index (χ1) is 20.2. The van der Waals surface area contributed by atoms with E-state index in [-0.39, 0.29) is 74.8 Å². The Kier molecular flexibility index (Phi) is 27.7. The number of hydrogen-bond acceptors (Lipinski definition) is 12. The number of carbonyl (C=O) groups excluding carboxylic acids is 1. The third-order valence-corrected chi connectivity index (χ3v) is 8.25. The van der Waals surface area contributed by atoms with Gasteiger partial charge in [0.05, 0.1) is 26.4 Å². The number of carbonyl (C=O) groups is 1. The van der Waals surface area contributed by atoms with Crippen LogP contribution in [0.5, 0.6) is 0 Å². The Hall–Kier alpha value is 0.340. The van der Waals surface area contributed by atoms with E-state index in [0.717, 1.165) is 19.3 Å². The Morgan fingerprint density at radius 1 is 0.721 bits per heavy atom. The fourth-order valence-electron chi connectivity index (χ4n) is 4.69. The van der Waals surface area contributed by atoms with Crippen molar-refractivity contribution < 1.29 is 87.5 Å². The van der Waals surface area contributed by atoms with Gasteiger partial charge in [-0.2, -0.15) is 0 Å². The molecule has 0 amide bonds. The second-order valence-electron chi connectivity index (χ2n) is 11.0. The largest absolute Gasteiger partial charge is 1.00 e. The minimum Gasteiger partial charge on any atom is -0.756 e. The second kappa shape index (κ2) is 27.5. The topological polar surface area (TPSA) is 184 Å². The molecule has 1 aliphatic heterocycles. The summed E-state index contributed by atoms with van der Waals surface area (Å²) in [6.45, 7) is 0.728. The van der Waals surface area contributed by atoms with Gasteiger partial charge in [-0.15, -0.1) is 0 Å². The van der Waals surface area contributed by atoms with Crippen molar-refractivity contribution in [2.75, 3.05) is 33.0 Å². The Morgan fingerprint density at radius 2 is 1.23 bits per heavy atom. The summed E-state index contributed by atoms with van der Waals surface area (Å²) in [6, 6.07) is 0. The zero-order chi connectivity index (χ0) is 31.1.